The first-order chi connectivity index (χ1) is 8.96. The smallest absolute Gasteiger partial charge is 0.208 e. The summed E-state index contributed by atoms with van der Waals surface area (Å²) in [5, 5.41) is 4.75. The highest BCUT2D eigenvalue weighted by Crippen LogP contribution is 2.23. The van der Waals surface area contributed by atoms with Crippen molar-refractivity contribution in [3.05, 3.63) is 35.5 Å². The lowest BCUT2D eigenvalue weighted by Crippen LogP contribution is -2.27. The van der Waals surface area contributed by atoms with Gasteiger partial charge in [-0.05, 0) is 24.3 Å². The van der Waals surface area contributed by atoms with Crippen LogP contribution in [0.25, 0.3) is 10.9 Å². The first kappa shape index (κ1) is 14.0. The molecule has 1 aromatic carbocycles. The fourth-order valence-corrected chi connectivity index (χ4v) is 2.35. The molecule has 0 saturated heterocycles. The molecule has 5 nitrogen and oxygen atoms in total. The minimum atomic E-state index is -3.15. The predicted octanol–water partition coefficient (Wildman–Crippen LogP) is 1.85. The van der Waals surface area contributed by atoms with Crippen LogP contribution >= 0.6 is 11.6 Å². The van der Waals surface area contributed by atoms with E-state index in [1.165, 1.54) is 0 Å². The van der Waals surface area contributed by atoms with Crippen molar-refractivity contribution in [3.63, 3.8) is 0 Å². The van der Waals surface area contributed by atoms with Crippen LogP contribution in [0.2, 0.25) is 5.02 Å². The van der Waals surface area contributed by atoms with Crippen LogP contribution in [0.3, 0.4) is 0 Å². The van der Waals surface area contributed by atoms with Gasteiger partial charge in [0.05, 0.1) is 11.8 Å². The molecule has 0 radical (unpaired) electrons. The van der Waals surface area contributed by atoms with Crippen LogP contribution < -0.4 is 10.0 Å². The van der Waals surface area contributed by atoms with Gasteiger partial charge in [-0.25, -0.2) is 13.1 Å². The summed E-state index contributed by atoms with van der Waals surface area (Å²) in [6, 6.07) is 7.32. The molecule has 19 heavy (non-hydrogen) atoms. The second kappa shape index (κ2) is 5.73. The molecule has 0 bridgehead atoms. The number of benzene rings is 1. The summed E-state index contributed by atoms with van der Waals surface area (Å²) in [6.07, 6.45) is 2.82. The Morgan fingerprint density at radius 3 is 2.79 bits per heavy atom. The maximum absolute atomic E-state index is 10.9. The molecule has 2 N–H and O–H groups in total. The molecule has 0 aliphatic heterocycles. The fraction of sp³-hybridized carbons (Fsp3) is 0.250. The van der Waals surface area contributed by atoms with Crippen LogP contribution in [-0.2, 0) is 10.0 Å². The maximum atomic E-state index is 10.9. The molecular formula is C12H14ClN3O2S. The molecule has 0 saturated carbocycles. The van der Waals surface area contributed by atoms with Crippen molar-refractivity contribution in [1.29, 1.82) is 0 Å². The van der Waals surface area contributed by atoms with Crippen molar-refractivity contribution < 1.29 is 8.42 Å². The Balaban J connectivity index is 2.09. The van der Waals surface area contributed by atoms with Crippen LogP contribution in [0.4, 0.5) is 5.69 Å². The predicted molar refractivity (Wildman–Crippen MR) is 78.1 cm³/mol. The molecule has 0 aliphatic carbocycles. The molecule has 0 fully saturated rings. The van der Waals surface area contributed by atoms with Gasteiger partial charge in [0.25, 0.3) is 0 Å². The molecule has 0 aliphatic rings. The number of fused-ring (bicyclic) bond motifs is 1. The van der Waals surface area contributed by atoms with Crippen molar-refractivity contribution in [1.82, 2.24) is 9.71 Å². The summed E-state index contributed by atoms with van der Waals surface area (Å²) in [7, 11) is -3.15. The van der Waals surface area contributed by atoms with Gasteiger partial charge in [0, 0.05) is 35.4 Å². The topological polar surface area (TPSA) is 71.1 Å². The average molecular weight is 300 g/mol. The largest absolute Gasteiger partial charge is 0.383 e. The van der Waals surface area contributed by atoms with E-state index >= 15 is 0 Å². The number of sulfonamides is 1. The maximum Gasteiger partial charge on any atom is 0.208 e. The molecule has 1 heterocycles. The molecule has 2 aromatic rings. The van der Waals surface area contributed by atoms with Gasteiger partial charge in [0.15, 0.2) is 0 Å². The molecular weight excluding hydrogens is 286 g/mol. The highest BCUT2D eigenvalue weighted by Gasteiger charge is 2.03. The summed E-state index contributed by atoms with van der Waals surface area (Å²) in [5.41, 5.74) is 1.70. The Morgan fingerprint density at radius 2 is 2.05 bits per heavy atom. The lowest BCUT2D eigenvalue weighted by molar-refractivity contribution is 0.589. The first-order valence-electron chi connectivity index (χ1n) is 5.68. The third-order valence-corrected chi connectivity index (χ3v) is 3.47. The number of nitrogens with zero attached hydrogens (tertiary/aromatic N) is 1. The van der Waals surface area contributed by atoms with Crippen LogP contribution in [0, 0.1) is 0 Å². The Hall–Kier alpha value is -1.37. The molecule has 0 spiro atoms. The van der Waals surface area contributed by atoms with E-state index in [4.69, 9.17) is 11.6 Å². The number of pyridine rings is 1. The molecule has 102 valence electrons. The number of anilines is 1. The minimum Gasteiger partial charge on any atom is -0.383 e. The van der Waals surface area contributed by atoms with Crippen molar-refractivity contribution >= 4 is 38.2 Å². The molecule has 7 heteroatoms. The van der Waals surface area contributed by atoms with Gasteiger partial charge in [-0.3, -0.25) is 4.98 Å². The van der Waals surface area contributed by atoms with Gasteiger partial charge in [0.1, 0.15) is 0 Å². The molecule has 1 aromatic heterocycles. The molecule has 0 atom stereocenters. The van der Waals surface area contributed by atoms with Crippen LogP contribution in [-0.4, -0.2) is 32.7 Å². The molecule has 0 amide bonds. The monoisotopic (exact) mass is 299 g/mol. The summed E-state index contributed by atoms with van der Waals surface area (Å²) in [6.45, 7) is 0.824. The van der Waals surface area contributed by atoms with Crippen LogP contribution in [0.1, 0.15) is 0 Å². The van der Waals surface area contributed by atoms with Gasteiger partial charge in [0.2, 0.25) is 10.0 Å². The number of hydrogen-bond acceptors (Lipinski definition) is 4. The van der Waals surface area contributed by atoms with Crippen molar-refractivity contribution in [3.8, 4) is 0 Å². The average Bonchev–Trinajstić information content (AvgIpc) is 2.33. The van der Waals surface area contributed by atoms with Crippen molar-refractivity contribution in [2.45, 2.75) is 0 Å². The first-order valence-corrected chi connectivity index (χ1v) is 7.95. The summed E-state index contributed by atoms with van der Waals surface area (Å²) < 4.78 is 24.3. The Labute approximate surface area is 117 Å². The van der Waals surface area contributed by atoms with E-state index in [9.17, 15) is 8.42 Å². The standard InChI is InChI=1S/C12H14ClN3O2S/c1-19(17,18)16-7-6-15-11-4-5-14-12-8-9(13)2-3-10(11)12/h2-5,8,16H,6-7H2,1H3,(H,14,15). The summed E-state index contributed by atoms with van der Waals surface area (Å²) >= 11 is 5.91. The van der Waals surface area contributed by atoms with Gasteiger partial charge in [-0.15, -0.1) is 0 Å². The SMILES string of the molecule is CS(=O)(=O)NCCNc1ccnc2cc(Cl)ccc12. The van der Waals surface area contributed by atoms with E-state index < -0.39 is 10.0 Å². The van der Waals surface area contributed by atoms with Gasteiger partial charge < -0.3 is 5.32 Å². The Kier molecular flexibility index (Phi) is 4.24. The third-order valence-electron chi connectivity index (χ3n) is 2.51. The minimum absolute atomic E-state index is 0.330. The fourth-order valence-electron chi connectivity index (χ4n) is 1.71. The van der Waals surface area contributed by atoms with E-state index in [0.717, 1.165) is 22.8 Å². The normalized spacial score (nSPS) is 11.7. The number of halogens is 1. The highest BCUT2D eigenvalue weighted by molar-refractivity contribution is 7.88. The van der Waals surface area contributed by atoms with Crippen molar-refractivity contribution in [2.24, 2.45) is 0 Å². The lowest BCUT2D eigenvalue weighted by atomic mass is 10.2. The van der Waals surface area contributed by atoms with E-state index in [1.54, 1.807) is 18.3 Å². The zero-order chi connectivity index (χ0) is 13.9. The zero-order valence-electron chi connectivity index (χ0n) is 10.4. The number of nitrogens with one attached hydrogen (secondary N) is 2. The quantitative estimate of drug-likeness (QED) is 0.827. The van der Waals surface area contributed by atoms with Gasteiger partial charge >= 0.3 is 0 Å². The number of aromatic nitrogens is 1. The second-order valence-electron chi connectivity index (χ2n) is 4.11. The summed E-state index contributed by atoms with van der Waals surface area (Å²) in [4.78, 5) is 4.23. The van der Waals surface area contributed by atoms with E-state index in [-0.39, 0.29) is 0 Å². The van der Waals surface area contributed by atoms with Crippen molar-refractivity contribution in [2.75, 3.05) is 24.7 Å². The zero-order valence-corrected chi connectivity index (χ0v) is 11.9. The van der Waals surface area contributed by atoms with Crippen LogP contribution in [0.15, 0.2) is 30.5 Å². The Bertz CT molecular complexity index is 688. The van der Waals surface area contributed by atoms with E-state index in [1.807, 2.05) is 12.1 Å². The van der Waals surface area contributed by atoms with E-state index in [2.05, 4.69) is 15.0 Å². The third kappa shape index (κ3) is 4.05. The van der Waals surface area contributed by atoms with Crippen LogP contribution in [0.5, 0.6) is 0 Å². The second-order valence-corrected chi connectivity index (χ2v) is 6.38. The molecule has 0 unspecified atom stereocenters. The lowest BCUT2D eigenvalue weighted by Gasteiger charge is -2.09. The Morgan fingerprint density at radius 1 is 1.26 bits per heavy atom. The van der Waals surface area contributed by atoms with Gasteiger partial charge in [-0.1, -0.05) is 11.6 Å². The highest BCUT2D eigenvalue weighted by atomic mass is 35.5. The number of hydrogen-bond donors (Lipinski definition) is 2. The van der Waals surface area contributed by atoms with Gasteiger partial charge in [-0.2, -0.15) is 0 Å². The molecule has 2 rings (SSSR count). The van der Waals surface area contributed by atoms with E-state index in [0.29, 0.717) is 18.1 Å². The summed E-state index contributed by atoms with van der Waals surface area (Å²) in [5.74, 6) is 0. The number of rotatable bonds is 5.